The van der Waals surface area contributed by atoms with Crippen LogP contribution in [0, 0.1) is 0 Å². The smallest absolute Gasteiger partial charge is 0.232 e. The van der Waals surface area contributed by atoms with E-state index in [0.717, 1.165) is 38.5 Å². The Morgan fingerprint density at radius 2 is 2.11 bits per heavy atom. The molecule has 2 rings (SSSR count). The number of rotatable bonds is 4. The lowest BCUT2D eigenvalue weighted by molar-refractivity contribution is -0.130. The molecule has 0 bridgehead atoms. The Labute approximate surface area is 112 Å². The van der Waals surface area contributed by atoms with Gasteiger partial charge in [-0.2, -0.15) is 11.8 Å². The molecule has 1 fully saturated rings. The zero-order chi connectivity index (χ0) is 13.0. The second-order valence-corrected chi connectivity index (χ2v) is 5.41. The molecule has 0 aliphatic carbocycles. The topological polar surface area (TPSA) is 41.4 Å². The van der Waals surface area contributed by atoms with E-state index in [2.05, 4.69) is 9.88 Å². The van der Waals surface area contributed by atoms with Gasteiger partial charge in [0.2, 0.25) is 5.91 Å². The molecule has 0 radical (unpaired) electrons. The standard InChI is InChI=1S/C12H20N4OS/c1-14-4-3-13-11(14)9-15-5-7-16(8-6-15)12(17)10-18-2/h3-4H,5-10H2,1-2H3. The predicted molar refractivity (Wildman–Crippen MR) is 73.4 cm³/mol. The molecule has 1 aliphatic rings. The SMILES string of the molecule is CSCC(=O)N1CCN(Cc2nccn2C)CC1. The molecule has 6 heteroatoms. The number of hydrogen-bond acceptors (Lipinski definition) is 4. The number of aryl methyl sites for hydroxylation is 1. The van der Waals surface area contributed by atoms with Crippen molar-refractivity contribution in [3.63, 3.8) is 0 Å². The van der Waals surface area contributed by atoms with Crippen LogP contribution in [0.5, 0.6) is 0 Å². The first-order valence-corrected chi connectivity index (χ1v) is 7.55. The van der Waals surface area contributed by atoms with Crippen molar-refractivity contribution in [2.45, 2.75) is 6.54 Å². The highest BCUT2D eigenvalue weighted by Crippen LogP contribution is 2.08. The lowest BCUT2D eigenvalue weighted by Crippen LogP contribution is -2.49. The number of piperazine rings is 1. The summed E-state index contributed by atoms with van der Waals surface area (Å²) in [5.74, 6) is 1.94. The summed E-state index contributed by atoms with van der Waals surface area (Å²) >= 11 is 1.59. The summed E-state index contributed by atoms with van der Waals surface area (Å²) in [6.45, 7) is 4.42. The van der Waals surface area contributed by atoms with Crippen LogP contribution in [0.3, 0.4) is 0 Å². The first-order chi connectivity index (χ1) is 8.70. The minimum absolute atomic E-state index is 0.263. The summed E-state index contributed by atoms with van der Waals surface area (Å²) in [4.78, 5) is 20.4. The van der Waals surface area contributed by atoms with Crippen LogP contribution in [-0.4, -0.2) is 63.4 Å². The van der Waals surface area contributed by atoms with E-state index >= 15 is 0 Å². The monoisotopic (exact) mass is 268 g/mol. The van der Waals surface area contributed by atoms with Gasteiger partial charge in [0.25, 0.3) is 0 Å². The summed E-state index contributed by atoms with van der Waals surface area (Å²) < 4.78 is 2.05. The Kier molecular flexibility index (Phi) is 4.66. The molecule has 1 aromatic heterocycles. The largest absolute Gasteiger partial charge is 0.339 e. The quantitative estimate of drug-likeness (QED) is 0.794. The molecule has 1 aliphatic heterocycles. The van der Waals surface area contributed by atoms with E-state index in [1.807, 2.05) is 35.2 Å². The van der Waals surface area contributed by atoms with E-state index < -0.39 is 0 Å². The lowest BCUT2D eigenvalue weighted by atomic mass is 10.3. The average Bonchev–Trinajstić information content (AvgIpc) is 2.76. The molecule has 1 saturated heterocycles. The Bertz CT molecular complexity index is 399. The fourth-order valence-electron chi connectivity index (χ4n) is 2.12. The van der Waals surface area contributed by atoms with Gasteiger partial charge < -0.3 is 9.47 Å². The van der Waals surface area contributed by atoms with E-state index in [0.29, 0.717) is 5.75 Å². The molecule has 0 saturated carbocycles. The fourth-order valence-corrected chi connectivity index (χ4v) is 2.55. The van der Waals surface area contributed by atoms with Gasteiger partial charge in [-0.25, -0.2) is 4.98 Å². The van der Waals surface area contributed by atoms with Crippen LogP contribution in [0.15, 0.2) is 12.4 Å². The number of aromatic nitrogens is 2. The molecule has 5 nitrogen and oxygen atoms in total. The Hall–Kier alpha value is -1.01. The molecular weight excluding hydrogens is 248 g/mol. The normalized spacial score (nSPS) is 17.1. The zero-order valence-electron chi connectivity index (χ0n) is 11.0. The second kappa shape index (κ2) is 6.24. The van der Waals surface area contributed by atoms with Gasteiger partial charge in [-0.05, 0) is 6.26 Å². The van der Waals surface area contributed by atoms with Gasteiger partial charge in [-0.1, -0.05) is 0 Å². The fraction of sp³-hybridized carbons (Fsp3) is 0.667. The third-order valence-electron chi connectivity index (χ3n) is 3.28. The van der Waals surface area contributed by atoms with Crippen molar-refractivity contribution in [3.8, 4) is 0 Å². The predicted octanol–water partition coefficient (Wildman–Crippen LogP) is 0.427. The van der Waals surface area contributed by atoms with Crippen LogP contribution >= 0.6 is 11.8 Å². The van der Waals surface area contributed by atoms with Gasteiger partial charge in [0.1, 0.15) is 5.82 Å². The van der Waals surface area contributed by atoms with Crippen LogP contribution in [0.4, 0.5) is 0 Å². The van der Waals surface area contributed by atoms with E-state index in [1.54, 1.807) is 11.8 Å². The van der Waals surface area contributed by atoms with E-state index in [4.69, 9.17) is 0 Å². The number of amides is 1. The van der Waals surface area contributed by atoms with E-state index in [9.17, 15) is 4.79 Å². The Morgan fingerprint density at radius 3 is 2.67 bits per heavy atom. The first kappa shape index (κ1) is 13.4. The van der Waals surface area contributed by atoms with Gasteiger partial charge in [-0.15, -0.1) is 0 Å². The minimum atomic E-state index is 0.263. The van der Waals surface area contributed by atoms with Crippen LogP contribution in [0.25, 0.3) is 0 Å². The molecule has 18 heavy (non-hydrogen) atoms. The average molecular weight is 268 g/mol. The van der Waals surface area contributed by atoms with Gasteiger partial charge in [0.15, 0.2) is 0 Å². The number of hydrogen-bond donors (Lipinski definition) is 0. The molecule has 0 spiro atoms. The van der Waals surface area contributed by atoms with Crippen LogP contribution < -0.4 is 0 Å². The summed E-state index contributed by atoms with van der Waals surface area (Å²) in [6.07, 6.45) is 5.76. The van der Waals surface area contributed by atoms with Crippen molar-refractivity contribution in [1.29, 1.82) is 0 Å². The molecular formula is C12H20N4OS. The maximum absolute atomic E-state index is 11.7. The lowest BCUT2D eigenvalue weighted by Gasteiger charge is -2.34. The highest BCUT2D eigenvalue weighted by Gasteiger charge is 2.21. The number of carbonyl (C=O) groups excluding carboxylic acids is 1. The van der Waals surface area contributed by atoms with Crippen molar-refractivity contribution in [2.24, 2.45) is 7.05 Å². The molecule has 1 aromatic rings. The number of carbonyl (C=O) groups is 1. The van der Waals surface area contributed by atoms with E-state index in [1.165, 1.54) is 0 Å². The molecule has 1 amide bonds. The first-order valence-electron chi connectivity index (χ1n) is 6.16. The zero-order valence-corrected chi connectivity index (χ0v) is 11.8. The van der Waals surface area contributed by atoms with Crippen LogP contribution in [0.2, 0.25) is 0 Å². The number of imidazole rings is 1. The summed E-state index contributed by atoms with van der Waals surface area (Å²) in [5, 5.41) is 0. The number of nitrogens with zero attached hydrogens (tertiary/aromatic N) is 4. The third kappa shape index (κ3) is 3.26. The van der Waals surface area contributed by atoms with Gasteiger partial charge in [0, 0.05) is 45.6 Å². The molecule has 100 valence electrons. The maximum Gasteiger partial charge on any atom is 0.232 e. The van der Waals surface area contributed by atoms with Crippen molar-refractivity contribution in [2.75, 3.05) is 38.2 Å². The summed E-state index contributed by atoms with van der Waals surface area (Å²) in [6, 6.07) is 0. The van der Waals surface area contributed by atoms with Gasteiger partial charge >= 0.3 is 0 Å². The van der Waals surface area contributed by atoms with Crippen LogP contribution in [-0.2, 0) is 18.4 Å². The van der Waals surface area contributed by atoms with Crippen molar-refractivity contribution < 1.29 is 4.79 Å². The minimum Gasteiger partial charge on any atom is -0.339 e. The Balaban J connectivity index is 1.80. The van der Waals surface area contributed by atoms with Crippen molar-refractivity contribution in [1.82, 2.24) is 19.4 Å². The molecule has 0 atom stereocenters. The molecule has 0 unspecified atom stereocenters. The van der Waals surface area contributed by atoms with Crippen LogP contribution in [0.1, 0.15) is 5.82 Å². The maximum atomic E-state index is 11.7. The highest BCUT2D eigenvalue weighted by molar-refractivity contribution is 7.99. The highest BCUT2D eigenvalue weighted by atomic mass is 32.2. The third-order valence-corrected chi connectivity index (χ3v) is 3.81. The van der Waals surface area contributed by atoms with Gasteiger partial charge in [-0.3, -0.25) is 9.69 Å². The summed E-state index contributed by atoms with van der Waals surface area (Å²) in [5.41, 5.74) is 0. The van der Waals surface area contributed by atoms with Crippen molar-refractivity contribution in [3.05, 3.63) is 18.2 Å². The Morgan fingerprint density at radius 1 is 1.39 bits per heavy atom. The molecule has 2 heterocycles. The van der Waals surface area contributed by atoms with E-state index in [-0.39, 0.29) is 5.91 Å². The number of thioether (sulfide) groups is 1. The molecule has 0 N–H and O–H groups in total. The van der Waals surface area contributed by atoms with Gasteiger partial charge in [0.05, 0.1) is 12.3 Å². The summed E-state index contributed by atoms with van der Waals surface area (Å²) in [7, 11) is 2.01. The molecule has 0 aromatic carbocycles. The second-order valence-electron chi connectivity index (χ2n) is 4.54. The van der Waals surface area contributed by atoms with Crippen molar-refractivity contribution >= 4 is 17.7 Å².